The van der Waals surface area contributed by atoms with E-state index in [2.05, 4.69) is 52.0 Å². The third-order valence-corrected chi connectivity index (χ3v) is 4.68. The van der Waals surface area contributed by atoms with Crippen LogP contribution in [0.1, 0.15) is 24.0 Å². The lowest BCUT2D eigenvalue weighted by molar-refractivity contribution is -0.123. The standard InChI is InChI=1S/C17H24N4O2/c1-12-4-2-3-5-13(12)11-21-8-6-14(7-9-21)19-16(22)15-10-18-17(23)20-15/h2-5,14-15H,6-11H2,1H3,(H,19,22)(H2,18,20,23)/t15-/m1/s1. The zero-order chi connectivity index (χ0) is 16.2. The van der Waals surface area contributed by atoms with Gasteiger partial charge in [-0.2, -0.15) is 0 Å². The van der Waals surface area contributed by atoms with Crippen LogP contribution in [-0.4, -0.2) is 48.6 Å². The molecule has 2 aliphatic heterocycles. The third-order valence-electron chi connectivity index (χ3n) is 4.68. The van der Waals surface area contributed by atoms with Crippen molar-refractivity contribution in [3.63, 3.8) is 0 Å². The first-order valence-electron chi connectivity index (χ1n) is 8.23. The predicted molar refractivity (Wildman–Crippen MR) is 87.9 cm³/mol. The number of benzene rings is 1. The first kappa shape index (κ1) is 15.8. The average molecular weight is 316 g/mol. The maximum Gasteiger partial charge on any atom is 0.315 e. The number of amides is 3. The van der Waals surface area contributed by atoms with Gasteiger partial charge in [-0.15, -0.1) is 0 Å². The first-order chi connectivity index (χ1) is 11.1. The Morgan fingerprint density at radius 1 is 1.30 bits per heavy atom. The first-order valence-corrected chi connectivity index (χ1v) is 8.23. The fourth-order valence-electron chi connectivity index (χ4n) is 3.18. The summed E-state index contributed by atoms with van der Waals surface area (Å²) >= 11 is 0. The van der Waals surface area contributed by atoms with Gasteiger partial charge in [-0.3, -0.25) is 9.69 Å². The molecule has 6 nitrogen and oxygen atoms in total. The zero-order valence-corrected chi connectivity index (χ0v) is 13.5. The molecular weight excluding hydrogens is 292 g/mol. The van der Waals surface area contributed by atoms with E-state index in [9.17, 15) is 9.59 Å². The van der Waals surface area contributed by atoms with Crippen LogP contribution in [0.25, 0.3) is 0 Å². The quantitative estimate of drug-likeness (QED) is 0.768. The second-order valence-electron chi connectivity index (χ2n) is 6.39. The van der Waals surface area contributed by atoms with E-state index in [1.165, 1.54) is 11.1 Å². The predicted octanol–water partition coefficient (Wildman–Crippen LogP) is 0.757. The van der Waals surface area contributed by atoms with Crippen LogP contribution in [0.5, 0.6) is 0 Å². The Morgan fingerprint density at radius 2 is 2.04 bits per heavy atom. The molecule has 2 heterocycles. The largest absolute Gasteiger partial charge is 0.351 e. The van der Waals surface area contributed by atoms with Crippen LogP contribution in [0.4, 0.5) is 4.79 Å². The Bertz CT molecular complexity index is 582. The van der Waals surface area contributed by atoms with Crippen LogP contribution in [-0.2, 0) is 11.3 Å². The van der Waals surface area contributed by atoms with Gasteiger partial charge < -0.3 is 16.0 Å². The highest BCUT2D eigenvalue weighted by Crippen LogP contribution is 2.16. The van der Waals surface area contributed by atoms with E-state index in [0.29, 0.717) is 6.54 Å². The van der Waals surface area contributed by atoms with E-state index in [-0.39, 0.29) is 18.0 Å². The van der Waals surface area contributed by atoms with Crippen LogP contribution in [0, 0.1) is 6.92 Å². The Labute approximate surface area is 136 Å². The smallest absolute Gasteiger partial charge is 0.315 e. The van der Waals surface area contributed by atoms with Crippen molar-refractivity contribution in [1.29, 1.82) is 0 Å². The molecule has 0 spiro atoms. The number of aryl methyl sites for hydroxylation is 1. The highest BCUT2D eigenvalue weighted by atomic mass is 16.2. The lowest BCUT2D eigenvalue weighted by Gasteiger charge is -2.33. The molecule has 124 valence electrons. The Balaban J connectivity index is 1.44. The molecule has 3 rings (SSSR count). The Hall–Kier alpha value is -2.08. The molecule has 0 aliphatic carbocycles. The summed E-state index contributed by atoms with van der Waals surface area (Å²) in [5, 5.41) is 8.28. The van der Waals surface area contributed by atoms with Crippen molar-refractivity contribution in [1.82, 2.24) is 20.9 Å². The number of urea groups is 1. The summed E-state index contributed by atoms with van der Waals surface area (Å²) in [4.78, 5) is 25.6. The molecule has 23 heavy (non-hydrogen) atoms. The number of nitrogens with one attached hydrogen (secondary N) is 3. The van der Waals surface area contributed by atoms with Gasteiger partial charge in [0.2, 0.25) is 5.91 Å². The van der Waals surface area contributed by atoms with Crippen molar-refractivity contribution in [2.24, 2.45) is 0 Å². The van der Waals surface area contributed by atoms with Crippen LogP contribution < -0.4 is 16.0 Å². The topological polar surface area (TPSA) is 73.5 Å². The van der Waals surface area contributed by atoms with E-state index in [1.807, 2.05) is 0 Å². The van der Waals surface area contributed by atoms with E-state index >= 15 is 0 Å². The molecular formula is C17H24N4O2. The van der Waals surface area contributed by atoms with Gasteiger partial charge >= 0.3 is 6.03 Å². The van der Waals surface area contributed by atoms with Crippen LogP contribution in [0.2, 0.25) is 0 Å². The maximum absolute atomic E-state index is 12.1. The van der Waals surface area contributed by atoms with E-state index in [0.717, 1.165) is 32.5 Å². The molecule has 6 heteroatoms. The SMILES string of the molecule is Cc1ccccc1CN1CCC(NC(=O)[C@H]2CNC(=O)N2)CC1. The van der Waals surface area contributed by atoms with Crippen molar-refractivity contribution >= 4 is 11.9 Å². The molecule has 1 aromatic rings. The molecule has 2 fully saturated rings. The molecule has 1 atom stereocenters. The normalized spacial score (nSPS) is 22.5. The van der Waals surface area contributed by atoms with Gasteiger partial charge in [-0.1, -0.05) is 24.3 Å². The van der Waals surface area contributed by atoms with Crippen molar-refractivity contribution in [3.05, 3.63) is 35.4 Å². The summed E-state index contributed by atoms with van der Waals surface area (Å²) in [6, 6.07) is 7.97. The van der Waals surface area contributed by atoms with E-state index < -0.39 is 6.04 Å². The molecule has 3 N–H and O–H groups in total. The van der Waals surface area contributed by atoms with Gasteiger partial charge in [0, 0.05) is 32.2 Å². The number of carbonyl (C=O) groups is 2. The summed E-state index contributed by atoms with van der Waals surface area (Å²) in [5.74, 6) is -0.0827. The molecule has 0 saturated carbocycles. The van der Waals surface area contributed by atoms with Gasteiger partial charge in [-0.05, 0) is 30.9 Å². The summed E-state index contributed by atoms with van der Waals surface area (Å²) in [5.41, 5.74) is 2.70. The molecule has 0 bridgehead atoms. The summed E-state index contributed by atoms with van der Waals surface area (Å²) in [7, 11) is 0. The second-order valence-corrected chi connectivity index (χ2v) is 6.39. The Kier molecular flexibility index (Phi) is 4.81. The third kappa shape index (κ3) is 4.01. The fraction of sp³-hybridized carbons (Fsp3) is 0.529. The number of piperidine rings is 1. The van der Waals surface area contributed by atoms with Crippen LogP contribution in [0.3, 0.4) is 0 Å². The molecule has 0 aromatic heterocycles. The number of carbonyl (C=O) groups excluding carboxylic acids is 2. The number of likely N-dealkylation sites (tertiary alicyclic amines) is 1. The summed E-state index contributed by atoms with van der Waals surface area (Å²) in [6.07, 6.45) is 1.90. The van der Waals surface area contributed by atoms with Gasteiger partial charge in [0.1, 0.15) is 6.04 Å². The molecule has 2 saturated heterocycles. The van der Waals surface area contributed by atoms with Crippen molar-refractivity contribution < 1.29 is 9.59 Å². The monoisotopic (exact) mass is 316 g/mol. The summed E-state index contributed by atoms with van der Waals surface area (Å²) < 4.78 is 0. The van der Waals surface area contributed by atoms with Crippen molar-refractivity contribution in [2.45, 2.75) is 38.4 Å². The van der Waals surface area contributed by atoms with Gasteiger partial charge in [0.25, 0.3) is 0 Å². The highest BCUT2D eigenvalue weighted by molar-refractivity contribution is 5.90. The maximum atomic E-state index is 12.1. The molecule has 0 unspecified atom stereocenters. The molecule has 1 aromatic carbocycles. The number of hydrogen-bond acceptors (Lipinski definition) is 3. The zero-order valence-electron chi connectivity index (χ0n) is 13.5. The van der Waals surface area contributed by atoms with E-state index in [4.69, 9.17) is 0 Å². The van der Waals surface area contributed by atoms with Crippen LogP contribution >= 0.6 is 0 Å². The van der Waals surface area contributed by atoms with Gasteiger partial charge in [0.05, 0.1) is 0 Å². The minimum Gasteiger partial charge on any atom is -0.351 e. The fourth-order valence-corrected chi connectivity index (χ4v) is 3.18. The molecule has 3 amide bonds. The Morgan fingerprint density at radius 3 is 2.70 bits per heavy atom. The van der Waals surface area contributed by atoms with Crippen molar-refractivity contribution in [3.8, 4) is 0 Å². The van der Waals surface area contributed by atoms with Gasteiger partial charge in [0.15, 0.2) is 0 Å². The van der Waals surface area contributed by atoms with Crippen molar-refractivity contribution in [2.75, 3.05) is 19.6 Å². The second kappa shape index (κ2) is 7.00. The molecule has 2 aliphatic rings. The number of nitrogens with zero attached hydrogens (tertiary/aromatic N) is 1. The number of rotatable bonds is 4. The molecule has 0 radical (unpaired) electrons. The lowest BCUT2D eigenvalue weighted by atomic mass is 10.0. The van der Waals surface area contributed by atoms with Gasteiger partial charge in [-0.25, -0.2) is 4.79 Å². The minimum absolute atomic E-state index is 0.0827. The average Bonchev–Trinajstić information content (AvgIpc) is 2.98. The van der Waals surface area contributed by atoms with Crippen LogP contribution in [0.15, 0.2) is 24.3 Å². The highest BCUT2D eigenvalue weighted by Gasteiger charge is 2.29. The van der Waals surface area contributed by atoms with E-state index in [1.54, 1.807) is 0 Å². The number of hydrogen-bond donors (Lipinski definition) is 3. The lowest BCUT2D eigenvalue weighted by Crippen LogP contribution is -2.50. The minimum atomic E-state index is -0.438. The summed E-state index contributed by atoms with van der Waals surface area (Å²) in [6.45, 7) is 5.45.